The van der Waals surface area contributed by atoms with Gasteiger partial charge in [-0.2, -0.15) is 0 Å². The molecule has 0 aliphatic carbocycles. The molecule has 2 rings (SSSR count). The van der Waals surface area contributed by atoms with Crippen LogP contribution in [0.2, 0.25) is 0 Å². The number of unbranched alkanes of at least 4 members (excludes halogenated alkanes) is 3. The zero-order valence-corrected chi connectivity index (χ0v) is 21.3. The van der Waals surface area contributed by atoms with E-state index in [0.29, 0.717) is 18.7 Å². The van der Waals surface area contributed by atoms with E-state index in [0.717, 1.165) is 48.6 Å². The maximum atomic E-state index is 11.6. The minimum Gasteiger partial charge on any atom is -0.494 e. The number of carbonyl (C=O) groups is 2. The average molecular weight is 490 g/mol. The molecule has 6 heteroatoms. The standard InChI is InChI=1S/C30H35NO5/c1-30(2,3)36-29(34)31-21-9-4-5-10-22-35-27-18-15-24(16-19-27)13-14-26(17-20-28(32)33)23-25-11-7-6-8-12-25/h6-8,11-12,15-20,23H,4-5,9-10,21-22H2,1-3H3,(H,31,34)(H,32,33)/b20-17-,26-23+. The van der Waals surface area contributed by atoms with Crippen molar-refractivity contribution in [3.05, 3.63) is 83.4 Å². The van der Waals surface area contributed by atoms with Crippen LogP contribution in [-0.2, 0) is 9.53 Å². The zero-order valence-electron chi connectivity index (χ0n) is 21.3. The third-order valence-corrected chi connectivity index (χ3v) is 4.74. The van der Waals surface area contributed by atoms with E-state index >= 15 is 0 Å². The molecule has 0 saturated heterocycles. The lowest BCUT2D eigenvalue weighted by atomic mass is 10.1. The zero-order chi connectivity index (χ0) is 26.2. The molecule has 6 nitrogen and oxygen atoms in total. The van der Waals surface area contributed by atoms with Crippen LogP contribution in [0, 0.1) is 11.8 Å². The van der Waals surface area contributed by atoms with E-state index in [1.807, 2.05) is 81.4 Å². The first kappa shape index (κ1) is 28.3. The van der Waals surface area contributed by atoms with Gasteiger partial charge in [-0.15, -0.1) is 0 Å². The van der Waals surface area contributed by atoms with Gasteiger partial charge in [0.05, 0.1) is 6.61 Å². The first-order chi connectivity index (χ1) is 17.2. The Balaban J connectivity index is 1.75. The number of hydrogen-bond donors (Lipinski definition) is 2. The highest BCUT2D eigenvalue weighted by Crippen LogP contribution is 2.13. The van der Waals surface area contributed by atoms with Gasteiger partial charge in [-0.25, -0.2) is 9.59 Å². The number of carboxylic acid groups (broad SMARTS) is 1. The molecular weight excluding hydrogens is 454 g/mol. The molecule has 0 aliphatic heterocycles. The number of rotatable bonds is 11. The molecule has 0 radical (unpaired) electrons. The van der Waals surface area contributed by atoms with Gasteiger partial charge in [0.25, 0.3) is 0 Å². The molecule has 2 aromatic carbocycles. The number of carboxylic acids is 1. The number of ether oxygens (including phenoxy) is 2. The van der Waals surface area contributed by atoms with E-state index < -0.39 is 11.6 Å². The molecule has 0 fully saturated rings. The van der Waals surface area contributed by atoms with Gasteiger partial charge in [0.1, 0.15) is 11.4 Å². The van der Waals surface area contributed by atoms with Crippen molar-refractivity contribution in [2.75, 3.05) is 13.2 Å². The van der Waals surface area contributed by atoms with Crippen molar-refractivity contribution in [3.8, 4) is 17.6 Å². The van der Waals surface area contributed by atoms with Crippen LogP contribution in [0.15, 0.2) is 72.3 Å². The minimum atomic E-state index is -1.02. The molecule has 0 heterocycles. The third kappa shape index (κ3) is 13.0. The lowest BCUT2D eigenvalue weighted by molar-refractivity contribution is -0.131. The smallest absolute Gasteiger partial charge is 0.407 e. The first-order valence-corrected chi connectivity index (χ1v) is 12.1. The van der Waals surface area contributed by atoms with Gasteiger partial charge < -0.3 is 19.9 Å². The summed E-state index contributed by atoms with van der Waals surface area (Å²) in [7, 11) is 0. The lowest BCUT2D eigenvalue weighted by Gasteiger charge is -2.19. The molecule has 36 heavy (non-hydrogen) atoms. The number of carbonyl (C=O) groups excluding carboxylic acids is 1. The van der Waals surface area contributed by atoms with Crippen LogP contribution in [0.25, 0.3) is 6.08 Å². The van der Waals surface area contributed by atoms with Crippen molar-refractivity contribution in [1.29, 1.82) is 0 Å². The molecule has 0 bridgehead atoms. The number of nitrogens with one attached hydrogen (secondary N) is 1. The quantitative estimate of drug-likeness (QED) is 0.169. The van der Waals surface area contributed by atoms with Crippen LogP contribution < -0.4 is 10.1 Å². The van der Waals surface area contributed by atoms with E-state index in [1.165, 1.54) is 6.08 Å². The fraction of sp³-hybridized carbons (Fsp3) is 0.333. The van der Waals surface area contributed by atoms with Crippen LogP contribution in [0.4, 0.5) is 4.79 Å². The molecular formula is C30H35NO5. The fourth-order valence-electron chi connectivity index (χ4n) is 3.07. The lowest BCUT2D eigenvalue weighted by Crippen LogP contribution is -2.32. The Morgan fingerprint density at radius 2 is 1.64 bits per heavy atom. The molecule has 2 N–H and O–H groups in total. The Morgan fingerprint density at radius 1 is 0.944 bits per heavy atom. The number of amides is 1. The van der Waals surface area contributed by atoms with Crippen LogP contribution in [0.5, 0.6) is 5.75 Å². The number of benzene rings is 2. The maximum absolute atomic E-state index is 11.6. The van der Waals surface area contributed by atoms with E-state index in [1.54, 1.807) is 0 Å². The summed E-state index contributed by atoms with van der Waals surface area (Å²) >= 11 is 0. The highest BCUT2D eigenvalue weighted by Gasteiger charge is 2.15. The maximum Gasteiger partial charge on any atom is 0.407 e. The van der Waals surface area contributed by atoms with Crippen molar-refractivity contribution in [1.82, 2.24) is 5.32 Å². The normalized spacial score (nSPS) is 11.5. The monoisotopic (exact) mass is 489 g/mol. The number of allylic oxidation sites excluding steroid dienone is 2. The van der Waals surface area contributed by atoms with Gasteiger partial charge in [0, 0.05) is 23.8 Å². The molecule has 2 aromatic rings. The Bertz CT molecular complexity index is 1080. The average Bonchev–Trinajstić information content (AvgIpc) is 2.82. The second-order valence-corrected chi connectivity index (χ2v) is 9.15. The molecule has 190 valence electrons. The van der Waals surface area contributed by atoms with Gasteiger partial charge >= 0.3 is 12.1 Å². The third-order valence-electron chi connectivity index (χ3n) is 4.74. The predicted molar refractivity (Wildman–Crippen MR) is 143 cm³/mol. The Labute approximate surface area is 214 Å². The molecule has 0 unspecified atom stereocenters. The van der Waals surface area contributed by atoms with E-state index in [-0.39, 0.29) is 6.09 Å². The van der Waals surface area contributed by atoms with E-state index in [4.69, 9.17) is 14.6 Å². The fourth-order valence-corrected chi connectivity index (χ4v) is 3.07. The van der Waals surface area contributed by atoms with Crippen molar-refractivity contribution < 1.29 is 24.2 Å². The van der Waals surface area contributed by atoms with Crippen molar-refractivity contribution in [2.24, 2.45) is 0 Å². The molecule has 0 aromatic heterocycles. The Hall–Kier alpha value is -3.98. The summed E-state index contributed by atoms with van der Waals surface area (Å²) in [5.74, 6) is 5.87. The SMILES string of the molecule is CC(C)(C)OC(=O)NCCCCCCOc1ccc(C#CC(/C=C\C(=O)O)=C\c2ccccc2)cc1. The molecule has 1 amide bonds. The van der Waals surface area contributed by atoms with Crippen molar-refractivity contribution >= 4 is 18.1 Å². The summed E-state index contributed by atoms with van der Waals surface area (Å²) < 4.78 is 11.0. The second-order valence-electron chi connectivity index (χ2n) is 9.15. The minimum absolute atomic E-state index is 0.376. The highest BCUT2D eigenvalue weighted by atomic mass is 16.6. The van der Waals surface area contributed by atoms with Crippen LogP contribution >= 0.6 is 0 Å². The molecule has 0 saturated carbocycles. The Morgan fingerprint density at radius 3 is 2.31 bits per heavy atom. The summed E-state index contributed by atoms with van der Waals surface area (Å²) in [5.41, 5.74) is 1.88. The first-order valence-electron chi connectivity index (χ1n) is 12.1. The van der Waals surface area contributed by atoms with Gasteiger partial charge in [-0.1, -0.05) is 55.0 Å². The molecule has 0 spiro atoms. The van der Waals surface area contributed by atoms with Gasteiger partial charge in [-0.3, -0.25) is 0 Å². The number of alkyl carbamates (subject to hydrolysis) is 1. The van der Waals surface area contributed by atoms with E-state index in [9.17, 15) is 9.59 Å². The largest absolute Gasteiger partial charge is 0.494 e. The van der Waals surface area contributed by atoms with Crippen LogP contribution in [0.3, 0.4) is 0 Å². The summed E-state index contributed by atoms with van der Waals surface area (Å²) in [6, 6.07) is 17.1. The van der Waals surface area contributed by atoms with E-state index in [2.05, 4.69) is 17.2 Å². The topological polar surface area (TPSA) is 84.9 Å². The summed E-state index contributed by atoms with van der Waals surface area (Å²) in [5, 5.41) is 11.7. The molecule has 0 atom stereocenters. The summed E-state index contributed by atoms with van der Waals surface area (Å²) in [6.45, 7) is 6.75. The van der Waals surface area contributed by atoms with Gasteiger partial charge in [-0.05, 0) is 75.6 Å². The van der Waals surface area contributed by atoms with Crippen LogP contribution in [-0.4, -0.2) is 35.9 Å². The Kier molecular flexibility index (Phi) is 11.9. The van der Waals surface area contributed by atoms with Crippen molar-refractivity contribution in [3.63, 3.8) is 0 Å². The predicted octanol–water partition coefficient (Wildman–Crippen LogP) is 6.23. The highest BCUT2D eigenvalue weighted by molar-refractivity contribution is 5.81. The summed E-state index contributed by atoms with van der Waals surface area (Å²) in [6.07, 6.45) is 7.89. The molecule has 0 aliphatic rings. The van der Waals surface area contributed by atoms with Gasteiger partial charge in [0.2, 0.25) is 0 Å². The number of hydrogen-bond acceptors (Lipinski definition) is 4. The van der Waals surface area contributed by atoms with Crippen LogP contribution in [0.1, 0.15) is 57.6 Å². The summed E-state index contributed by atoms with van der Waals surface area (Å²) in [4.78, 5) is 22.5. The van der Waals surface area contributed by atoms with Gasteiger partial charge in [0.15, 0.2) is 0 Å². The number of aliphatic carboxylic acids is 1. The second kappa shape index (κ2) is 15.1. The van der Waals surface area contributed by atoms with Crippen molar-refractivity contribution in [2.45, 2.75) is 52.1 Å².